The van der Waals surface area contributed by atoms with Crippen LogP contribution in [-0.4, -0.2) is 42.5 Å². The average molecular weight is 380 g/mol. The average Bonchev–Trinajstić information content (AvgIpc) is 2.48. The minimum Gasteiger partial charge on any atom is -0.368 e. The lowest BCUT2D eigenvalue weighted by Gasteiger charge is -2.15. The summed E-state index contributed by atoms with van der Waals surface area (Å²) in [6, 6.07) is 5.10. The molecule has 0 aliphatic carbocycles. The lowest BCUT2D eigenvalue weighted by Crippen LogP contribution is -2.47. The van der Waals surface area contributed by atoms with Crippen molar-refractivity contribution in [1.29, 1.82) is 0 Å². The summed E-state index contributed by atoms with van der Waals surface area (Å²) in [6.45, 7) is 6.56. The van der Waals surface area contributed by atoms with Crippen LogP contribution in [0.2, 0.25) is 0 Å². The zero-order valence-corrected chi connectivity index (χ0v) is 15.8. The number of amides is 2. The first-order chi connectivity index (χ1) is 10.4. The van der Waals surface area contributed by atoms with Crippen molar-refractivity contribution >= 4 is 42.4 Å². The molecule has 2 amide bonds. The molecule has 7 nitrogen and oxygen atoms in total. The van der Waals surface area contributed by atoms with Gasteiger partial charge in [0, 0.05) is 18.8 Å². The van der Waals surface area contributed by atoms with Crippen molar-refractivity contribution < 1.29 is 9.59 Å². The predicted molar refractivity (Wildman–Crippen MR) is 101 cm³/mol. The zero-order valence-electron chi connectivity index (χ0n) is 14.2. The number of halogens is 2. The van der Waals surface area contributed by atoms with Crippen molar-refractivity contribution in [2.45, 2.75) is 26.8 Å². The number of carbonyl (C=O) groups excluding carboxylic acids is 2. The van der Waals surface area contributed by atoms with E-state index in [0.717, 1.165) is 11.5 Å². The molecule has 24 heavy (non-hydrogen) atoms. The molecule has 138 valence electrons. The van der Waals surface area contributed by atoms with Crippen molar-refractivity contribution in [2.75, 3.05) is 25.0 Å². The van der Waals surface area contributed by atoms with Gasteiger partial charge >= 0.3 is 0 Å². The van der Waals surface area contributed by atoms with Gasteiger partial charge < -0.3 is 21.7 Å². The largest absolute Gasteiger partial charge is 0.368 e. The summed E-state index contributed by atoms with van der Waals surface area (Å²) < 4.78 is 0. The molecule has 1 aromatic heterocycles. The van der Waals surface area contributed by atoms with Crippen LogP contribution in [0.4, 0.5) is 5.82 Å². The molecule has 0 spiro atoms. The molecule has 1 rings (SSSR count). The summed E-state index contributed by atoms with van der Waals surface area (Å²) in [5.74, 6) is 0.245. The van der Waals surface area contributed by atoms with Gasteiger partial charge in [-0.05, 0) is 25.0 Å². The van der Waals surface area contributed by atoms with Gasteiger partial charge in [-0.3, -0.25) is 9.59 Å². The normalized spacial score (nSPS) is 10.9. The van der Waals surface area contributed by atoms with Gasteiger partial charge in [-0.1, -0.05) is 19.9 Å². The minimum absolute atomic E-state index is 0. The molecule has 0 aromatic carbocycles. The molecule has 0 unspecified atom stereocenters. The number of nitrogens with one attached hydrogen (secondary N) is 3. The first-order valence-corrected chi connectivity index (χ1v) is 7.37. The third-order valence-corrected chi connectivity index (χ3v) is 3.09. The lowest BCUT2D eigenvalue weighted by atomic mass is 10.1. The van der Waals surface area contributed by atoms with Crippen LogP contribution >= 0.6 is 24.8 Å². The Balaban J connectivity index is 0. The van der Waals surface area contributed by atoms with Gasteiger partial charge in [-0.2, -0.15) is 0 Å². The van der Waals surface area contributed by atoms with Crippen molar-refractivity contribution in [3.63, 3.8) is 0 Å². The fraction of sp³-hybridized carbons (Fsp3) is 0.533. The summed E-state index contributed by atoms with van der Waals surface area (Å²) in [6.07, 6.45) is 0. The predicted octanol–water partition coefficient (Wildman–Crippen LogP) is 0.861. The highest BCUT2D eigenvalue weighted by molar-refractivity contribution is 5.87. The number of anilines is 1. The van der Waals surface area contributed by atoms with Crippen LogP contribution in [0, 0.1) is 12.8 Å². The maximum Gasteiger partial charge on any atom is 0.239 e. The summed E-state index contributed by atoms with van der Waals surface area (Å²) in [7, 11) is 0. The smallest absolute Gasteiger partial charge is 0.239 e. The van der Waals surface area contributed by atoms with Crippen LogP contribution in [0.3, 0.4) is 0 Å². The Labute approximate surface area is 155 Å². The highest BCUT2D eigenvalue weighted by Gasteiger charge is 2.17. The third kappa shape index (κ3) is 9.54. The van der Waals surface area contributed by atoms with Gasteiger partial charge in [0.15, 0.2) is 0 Å². The molecule has 5 N–H and O–H groups in total. The second-order valence-corrected chi connectivity index (χ2v) is 5.43. The van der Waals surface area contributed by atoms with Crippen LogP contribution in [0.5, 0.6) is 0 Å². The monoisotopic (exact) mass is 379 g/mol. The van der Waals surface area contributed by atoms with E-state index >= 15 is 0 Å². The van der Waals surface area contributed by atoms with Crippen LogP contribution in [0.25, 0.3) is 0 Å². The Morgan fingerprint density at radius 3 is 2.42 bits per heavy atom. The van der Waals surface area contributed by atoms with E-state index in [1.54, 1.807) is 0 Å². The standard InChI is InChI=1S/C15H25N5O2.2ClH/c1-10(2)14(16)15(22)19-9-13(21)18-8-7-17-12-6-4-5-11(3)20-12;;/h4-6,10,14H,7-9,16H2,1-3H3,(H,17,20)(H,18,21)(H,19,22);2*1H/t14-;;/m0../s1. The van der Waals surface area contributed by atoms with Crippen LogP contribution in [0.15, 0.2) is 18.2 Å². The fourth-order valence-corrected chi connectivity index (χ4v) is 1.68. The maximum atomic E-state index is 11.6. The number of aryl methyl sites for hydroxylation is 1. The first kappa shape index (κ1) is 24.7. The van der Waals surface area contributed by atoms with Crippen molar-refractivity contribution in [2.24, 2.45) is 11.7 Å². The van der Waals surface area contributed by atoms with Crippen molar-refractivity contribution in [1.82, 2.24) is 15.6 Å². The van der Waals surface area contributed by atoms with E-state index in [4.69, 9.17) is 5.73 Å². The zero-order chi connectivity index (χ0) is 16.5. The van der Waals surface area contributed by atoms with Crippen LogP contribution in [0.1, 0.15) is 19.5 Å². The number of aromatic nitrogens is 1. The fourth-order valence-electron chi connectivity index (χ4n) is 1.68. The first-order valence-electron chi connectivity index (χ1n) is 7.37. The topological polar surface area (TPSA) is 109 Å². The molecule has 9 heteroatoms. The molecule has 1 atom stereocenters. The molecule has 0 radical (unpaired) electrons. The molecule has 0 aliphatic rings. The molecule has 0 bridgehead atoms. The summed E-state index contributed by atoms with van der Waals surface area (Å²) in [4.78, 5) is 27.5. The number of carbonyl (C=O) groups is 2. The van der Waals surface area contributed by atoms with E-state index in [1.165, 1.54) is 0 Å². The van der Waals surface area contributed by atoms with Gasteiger partial charge in [0.25, 0.3) is 0 Å². The second kappa shape index (κ2) is 12.8. The van der Waals surface area contributed by atoms with E-state index < -0.39 is 6.04 Å². The Morgan fingerprint density at radius 2 is 1.83 bits per heavy atom. The van der Waals surface area contributed by atoms with E-state index in [9.17, 15) is 9.59 Å². The molecular formula is C15H27Cl2N5O2. The van der Waals surface area contributed by atoms with Crippen molar-refractivity contribution in [3.05, 3.63) is 23.9 Å². The second-order valence-electron chi connectivity index (χ2n) is 5.43. The van der Waals surface area contributed by atoms with E-state index in [2.05, 4.69) is 20.9 Å². The Bertz CT molecular complexity index is 514. The van der Waals surface area contributed by atoms with E-state index in [1.807, 2.05) is 39.0 Å². The maximum absolute atomic E-state index is 11.6. The molecule has 0 saturated carbocycles. The van der Waals surface area contributed by atoms with Crippen LogP contribution < -0.4 is 21.7 Å². The Hall–Kier alpha value is -1.57. The summed E-state index contributed by atoms with van der Waals surface area (Å²) in [5.41, 5.74) is 6.61. The summed E-state index contributed by atoms with van der Waals surface area (Å²) in [5, 5.41) is 8.33. The van der Waals surface area contributed by atoms with E-state index in [-0.39, 0.29) is 49.1 Å². The van der Waals surface area contributed by atoms with Gasteiger partial charge in [0.2, 0.25) is 11.8 Å². The van der Waals surface area contributed by atoms with Gasteiger partial charge in [-0.15, -0.1) is 24.8 Å². The highest BCUT2D eigenvalue weighted by Crippen LogP contribution is 2.02. The van der Waals surface area contributed by atoms with Crippen LogP contribution in [-0.2, 0) is 9.59 Å². The Morgan fingerprint density at radius 1 is 1.17 bits per heavy atom. The molecule has 1 aromatic rings. The molecule has 0 fully saturated rings. The lowest BCUT2D eigenvalue weighted by molar-refractivity contribution is -0.127. The Kier molecular flexibility index (Phi) is 13.2. The third-order valence-electron chi connectivity index (χ3n) is 3.09. The quantitative estimate of drug-likeness (QED) is 0.500. The minimum atomic E-state index is -0.595. The molecule has 1 heterocycles. The number of hydrogen-bond acceptors (Lipinski definition) is 5. The SMILES string of the molecule is Cc1cccc(NCCNC(=O)CNC(=O)[C@@H](N)C(C)C)n1.Cl.Cl. The molecule has 0 saturated heterocycles. The number of rotatable bonds is 8. The molecule has 0 aliphatic heterocycles. The highest BCUT2D eigenvalue weighted by atomic mass is 35.5. The van der Waals surface area contributed by atoms with Crippen molar-refractivity contribution in [3.8, 4) is 0 Å². The molecular weight excluding hydrogens is 353 g/mol. The van der Waals surface area contributed by atoms with Gasteiger partial charge in [-0.25, -0.2) is 4.98 Å². The summed E-state index contributed by atoms with van der Waals surface area (Å²) >= 11 is 0. The number of pyridine rings is 1. The number of nitrogens with zero attached hydrogens (tertiary/aromatic N) is 1. The van der Waals surface area contributed by atoms with Gasteiger partial charge in [0.1, 0.15) is 5.82 Å². The number of hydrogen-bond donors (Lipinski definition) is 4. The van der Waals surface area contributed by atoms with E-state index in [0.29, 0.717) is 13.1 Å². The van der Waals surface area contributed by atoms with Gasteiger partial charge in [0.05, 0.1) is 12.6 Å². The number of nitrogens with two attached hydrogens (primary N) is 1.